The topological polar surface area (TPSA) is 82.7 Å². The molecule has 0 aromatic heterocycles. The summed E-state index contributed by atoms with van der Waals surface area (Å²) < 4.78 is 5.19. The maximum Gasteiger partial charge on any atom is 0.251 e. The first kappa shape index (κ1) is 21.3. The van der Waals surface area contributed by atoms with Gasteiger partial charge in [0.2, 0.25) is 5.91 Å². The minimum Gasteiger partial charge on any atom is -0.497 e. The number of carbonyl (C=O) groups excluding carboxylic acids is 2. The summed E-state index contributed by atoms with van der Waals surface area (Å²) in [5.74, 6) is 0.683. The summed E-state index contributed by atoms with van der Waals surface area (Å²) in [7, 11) is 1.59. The van der Waals surface area contributed by atoms with Gasteiger partial charge < -0.3 is 15.0 Å². The second kappa shape index (κ2) is 9.49. The Balaban J connectivity index is 1.27. The van der Waals surface area contributed by atoms with E-state index in [1.54, 1.807) is 19.2 Å². The van der Waals surface area contributed by atoms with E-state index in [0.29, 0.717) is 24.4 Å². The first-order chi connectivity index (χ1) is 15.0. The van der Waals surface area contributed by atoms with E-state index in [9.17, 15) is 9.59 Å². The van der Waals surface area contributed by atoms with E-state index in [0.717, 1.165) is 19.3 Å². The molecule has 2 aliphatic heterocycles. The monoisotopic (exact) mass is 422 g/mol. The molecule has 7 nitrogen and oxygen atoms in total. The number of ether oxygens (including phenoxy) is 1. The van der Waals surface area contributed by atoms with E-state index in [1.165, 1.54) is 11.1 Å². The smallest absolute Gasteiger partial charge is 0.251 e. The van der Waals surface area contributed by atoms with Crippen molar-refractivity contribution in [1.82, 2.24) is 21.1 Å². The van der Waals surface area contributed by atoms with Crippen LogP contribution in [0.15, 0.2) is 48.5 Å². The van der Waals surface area contributed by atoms with Crippen molar-refractivity contribution in [2.24, 2.45) is 0 Å². The highest BCUT2D eigenvalue weighted by atomic mass is 16.5. The molecule has 2 aromatic carbocycles. The lowest BCUT2D eigenvalue weighted by Gasteiger charge is -2.33. The molecule has 2 amide bonds. The molecule has 2 fully saturated rings. The minimum atomic E-state index is -0.229. The Bertz CT molecular complexity index is 940. The molecule has 0 saturated carbocycles. The van der Waals surface area contributed by atoms with E-state index in [2.05, 4.69) is 35.2 Å². The number of methoxy groups -OCH3 is 1. The molecule has 2 heterocycles. The van der Waals surface area contributed by atoms with Gasteiger partial charge in [0.1, 0.15) is 11.8 Å². The van der Waals surface area contributed by atoms with Gasteiger partial charge in [0.05, 0.1) is 7.11 Å². The molecule has 0 radical (unpaired) electrons. The van der Waals surface area contributed by atoms with Crippen LogP contribution in [0.2, 0.25) is 0 Å². The number of nitrogens with one attached hydrogen (secondary N) is 3. The highest BCUT2D eigenvalue weighted by molar-refractivity contribution is 5.94. The van der Waals surface area contributed by atoms with Crippen molar-refractivity contribution in [3.63, 3.8) is 0 Å². The van der Waals surface area contributed by atoms with Crippen molar-refractivity contribution in [2.45, 2.75) is 44.3 Å². The standard InChI is InChI=1S/C24H30N4O3/c1-16-6-3-4-9-20(16)21-15-22(27-26-21)24(30)28-12-10-18(11-13-28)25-23(29)17-7-5-8-19(14-17)31-2/h3-9,14,18,21-22,26-27H,10-13,15H2,1-2H3,(H,25,29). The number of carbonyl (C=O) groups is 2. The molecule has 31 heavy (non-hydrogen) atoms. The normalized spacial score (nSPS) is 21.7. The fourth-order valence-corrected chi connectivity index (χ4v) is 4.40. The summed E-state index contributed by atoms with van der Waals surface area (Å²) in [5.41, 5.74) is 9.50. The summed E-state index contributed by atoms with van der Waals surface area (Å²) in [6.45, 7) is 3.39. The minimum absolute atomic E-state index is 0.0668. The molecule has 0 bridgehead atoms. The van der Waals surface area contributed by atoms with E-state index in [4.69, 9.17) is 4.74 Å². The number of benzene rings is 2. The Morgan fingerprint density at radius 2 is 1.84 bits per heavy atom. The summed E-state index contributed by atoms with van der Waals surface area (Å²) in [4.78, 5) is 27.5. The van der Waals surface area contributed by atoms with Crippen molar-refractivity contribution < 1.29 is 14.3 Å². The van der Waals surface area contributed by atoms with Crippen molar-refractivity contribution in [1.29, 1.82) is 0 Å². The third-order valence-electron chi connectivity index (χ3n) is 6.24. The Hall–Kier alpha value is -2.90. The van der Waals surface area contributed by atoms with Gasteiger partial charge in [-0.15, -0.1) is 0 Å². The van der Waals surface area contributed by atoms with Gasteiger partial charge in [0.25, 0.3) is 5.91 Å². The lowest BCUT2D eigenvalue weighted by atomic mass is 9.97. The van der Waals surface area contributed by atoms with Crippen LogP contribution >= 0.6 is 0 Å². The number of piperidine rings is 1. The van der Waals surface area contributed by atoms with Gasteiger partial charge in [-0.2, -0.15) is 0 Å². The zero-order valence-electron chi connectivity index (χ0n) is 18.1. The van der Waals surface area contributed by atoms with Crippen LogP contribution in [0.5, 0.6) is 5.75 Å². The molecule has 4 rings (SSSR count). The van der Waals surface area contributed by atoms with Crippen molar-refractivity contribution in [2.75, 3.05) is 20.2 Å². The Morgan fingerprint density at radius 3 is 2.58 bits per heavy atom. The largest absolute Gasteiger partial charge is 0.497 e. The molecule has 2 aliphatic rings. The van der Waals surface area contributed by atoms with Crippen LogP contribution in [0, 0.1) is 6.92 Å². The van der Waals surface area contributed by atoms with Crippen molar-refractivity contribution in [3.8, 4) is 5.75 Å². The van der Waals surface area contributed by atoms with E-state index in [-0.39, 0.29) is 29.9 Å². The zero-order valence-corrected chi connectivity index (χ0v) is 18.1. The zero-order chi connectivity index (χ0) is 21.8. The lowest BCUT2D eigenvalue weighted by Crippen LogP contribution is -2.51. The molecule has 0 spiro atoms. The van der Waals surface area contributed by atoms with Crippen LogP contribution in [0.1, 0.15) is 46.8 Å². The number of nitrogens with zero attached hydrogens (tertiary/aromatic N) is 1. The molecule has 164 valence electrons. The van der Waals surface area contributed by atoms with E-state index < -0.39 is 0 Å². The molecular weight excluding hydrogens is 392 g/mol. The number of amides is 2. The number of rotatable bonds is 5. The number of hydrogen-bond donors (Lipinski definition) is 3. The van der Waals surface area contributed by atoms with Crippen LogP contribution in [-0.2, 0) is 4.79 Å². The Kier molecular flexibility index (Phi) is 6.53. The summed E-state index contributed by atoms with van der Waals surface area (Å²) in [6, 6.07) is 15.4. The van der Waals surface area contributed by atoms with Crippen LogP contribution in [0.25, 0.3) is 0 Å². The predicted octanol–water partition coefficient (Wildman–Crippen LogP) is 2.33. The van der Waals surface area contributed by atoms with Gasteiger partial charge in [0, 0.05) is 30.7 Å². The number of hydrazine groups is 1. The number of hydrogen-bond acceptors (Lipinski definition) is 5. The van der Waals surface area contributed by atoms with Gasteiger partial charge in [0.15, 0.2) is 0 Å². The second-order valence-electron chi connectivity index (χ2n) is 8.29. The highest BCUT2D eigenvalue weighted by Crippen LogP contribution is 2.26. The third kappa shape index (κ3) is 4.89. The molecule has 3 N–H and O–H groups in total. The van der Waals surface area contributed by atoms with Crippen molar-refractivity contribution in [3.05, 3.63) is 65.2 Å². The number of likely N-dealkylation sites (tertiary alicyclic amines) is 1. The maximum absolute atomic E-state index is 13.0. The molecule has 2 atom stereocenters. The molecule has 2 saturated heterocycles. The van der Waals surface area contributed by atoms with Gasteiger partial charge >= 0.3 is 0 Å². The molecular formula is C24H30N4O3. The predicted molar refractivity (Wildman–Crippen MR) is 119 cm³/mol. The van der Waals surface area contributed by atoms with Crippen LogP contribution in [0.3, 0.4) is 0 Å². The summed E-state index contributed by atoms with van der Waals surface area (Å²) >= 11 is 0. The van der Waals surface area contributed by atoms with Crippen LogP contribution < -0.4 is 20.9 Å². The SMILES string of the molecule is COc1cccc(C(=O)NC2CCN(C(=O)C3CC(c4ccccc4C)NN3)CC2)c1. The first-order valence-corrected chi connectivity index (χ1v) is 10.9. The quantitative estimate of drug-likeness (QED) is 0.689. The van der Waals surface area contributed by atoms with Gasteiger partial charge in [-0.25, -0.2) is 10.9 Å². The van der Waals surface area contributed by atoms with Gasteiger partial charge in [-0.3, -0.25) is 9.59 Å². The van der Waals surface area contributed by atoms with Crippen LogP contribution in [-0.4, -0.2) is 49.0 Å². The molecule has 2 aromatic rings. The molecule has 2 unspecified atom stereocenters. The fraction of sp³-hybridized carbons (Fsp3) is 0.417. The van der Waals surface area contributed by atoms with Gasteiger partial charge in [-0.05, 0) is 55.5 Å². The van der Waals surface area contributed by atoms with Crippen LogP contribution in [0.4, 0.5) is 0 Å². The average Bonchev–Trinajstić information content (AvgIpc) is 3.29. The highest BCUT2D eigenvalue weighted by Gasteiger charge is 2.35. The molecule has 0 aliphatic carbocycles. The average molecular weight is 423 g/mol. The van der Waals surface area contributed by atoms with Gasteiger partial charge in [-0.1, -0.05) is 30.3 Å². The van der Waals surface area contributed by atoms with Crippen molar-refractivity contribution >= 4 is 11.8 Å². The van der Waals surface area contributed by atoms with E-state index in [1.807, 2.05) is 29.2 Å². The second-order valence-corrected chi connectivity index (χ2v) is 8.29. The fourth-order valence-electron chi connectivity index (χ4n) is 4.40. The van der Waals surface area contributed by atoms with E-state index >= 15 is 0 Å². The number of aryl methyl sites for hydroxylation is 1. The Morgan fingerprint density at radius 1 is 1.06 bits per heavy atom. The first-order valence-electron chi connectivity index (χ1n) is 10.9. The maximum atomic E-state index is 13.0. The Labute approximate surface area is 183 Å². The lowest BCUT2D eigenvalue weighted by molar-refractivity contribution is -0.134. The molecule has 7 heteroatoms. The summed E-state index contributed by atoms with van der Waals surface area (Å²) in [5, 5.41) is 3.09. The summed E-state index contributed by atoms with van der Waals surface area (Å²) in [6.07, 6.45) is 2.24. The third-order valence-corrected chi connectivity index (χ3v) is 6.24.